The Hall–Kier alpha value is -1.07. The molecule has 1 aliphatic heterocycles. The monoisotopic (exact) mass is 254 g/mol. The molecule has 2 rings (SSSR count). The first-order chi connectivity index (χ1) is 8.05. The summed E-state index contributed by atoms with van der Waals surface area (Å²) < 4.78 is 26.3. The highest BCUT2D eigenvalue weighted by atomic mass is 32.2. The first-order valence-corrected chi connectivity index (χ1v) is 7.29. The van der Waals surface area contributed by atoms with E-state index < -0.39 is 10.0 Å². The van der Waals surface area contributed by atoms with Crippen LogP contribution < -0.4 is 5.32 Å². The summed E-state index contributed by atoms with van der Waals surface area (Å²) in [6, 6.07) is 7.00. The van der Waals surface area contributed by atoms with Crippen LogP contribution in [0.3, 0.4) is 0 Å². The number of sulfonamides is 1. The maximum absolute atomic E-state index is 12.4. The van der Waals surface area contributed by atoms with Gasteiger partial charge >= 0.3 is 0 Å². The van der Waals surface area contributed by atoms with Crippen LogP contribution in [0.25, 0.3) is 0 Å². The van der Waals surface area contributed by atoms with E-state index in [1.54, 1.807) is 28.6 Å². The highest BCUT2D eigenvalue weighted by molar-refractivity contribution is 7.89. The van der Waals surface area contributed by atoms with E-state index >= 15 is 0 Å². The van der Waals surface area contributed by atoms with Gasteiger partial charge in [-0.25, -0.2) is 8.42 Å². The number of benzene rings is 1. The van der Waals surface area contributed by atoms with Gasteiger partial charge in [-0.2, -0.15) is 4.31 Å². The number of nitrogens with one attached hydrogen (secondary N) is 1. The van der Waals surface area contributed by atoms with Crippen LogP contribution >= 0.6 is 0 Å². The zero-order valence-corrected chi connectivity index (χ0v) is 11.0. The summed E-state index contributed by atoms with van der Waals surface area (Å²) in [4.78, 5) is 0.380. The zero-order chi connectivity index (χ0) is 12.5. The van der Waals surface area contributed by atoms with Gasteiger partial charge in [0.15, 0.2) is 0 Å². The van der Waals surface area contributed by atoms with E-state index in [0.29, 0.717) is 11.4 Å². The number of nitrogens with zero attached hydrogens (tertiary/aromatic N) is 1. The topological polar surface area (TPSA) is 49.4 Å². The Balaban J connectivity index is 2.31. The molecule has 17 heavy (non-hydrogen) atoms. The van der Waals surface area contributed by atoms with E-state index in [2.05, 4.69) is 5.32 Å². The summed E-state index contributed by atoms with van der Waals surface area (Å²) in [6.07, 6.45) is 1.91. The molecule has 4 nitrogen and oxygen atoms in total. The van der Waals surface area contributed by atoms with E-state index in [1.165, 1.54) is 0 Å². The van der Waals surface area contributed by atoms with Gasteiger partial charge in [-0.15, -0.1) is 0 Å². The smallest absolute Gasteiger partial charge is 0.243 e. The first kappa shape index (κ1) is 12.4. The molecular formula is C12H18N2O2S. The third-order valence-electron chi connectivity index (χ3n) is 3.24. The van der Waals surface area contributed by atoms with Crippen molar-refractivity contribution >= 4 is 15.7 Å². The van der Waals surface area contributed by atoms with Gasteiger partial charge < -0.3 is 5.32 Å². The predicted molar refractivity (Wildman–Crippen MR) is 68.6 cm³/mol. The summed E-state index contributed by atoms with van der Waals surface area (Å²) in [5.41, 5.74) is 0.915. The van der Waals surface area contributed by atoms with Crippen LogP contribution in [0, 0.1) is 0 Å². The molecule has 0 aromatic heterocycles. The van der Waals surface area contributed by atoms with E-state index in [9.17, 15) is 8.42 Å². The minimum Gasteiger partial charge on any atom is -0.388 e. The van der Waals surface area contributed by atoms with Gasteiger partial charge in [0.05, 0.1) is 4.90 Å². The van der Waals surface area contributed by atoms with Crippen molar-refractivity contribution in [2.24, 2.45) is 0 Å². The second-order valence-corrected chi connectivity index (χ2v) is 6.27. The molecule has 1 unspecified atom stereocenters. The van der Waals surface area contributed by atoms with Crippen LogP contribution in [0.2, 0.25) is 0 Å². The quantitative estimate of drug-likeness (QED) is 0.896. The Morgan fingerprint density at radius 3 is 2.41 bits per heavy atom. The van der Waals surface area contributed by atoms with Gasteiger partial charge in [-0.1, -0.05) is 0 Å². The van der Waals surface area contributed by atoms with E-state index in [0.717, 1.165) is 18.5 Å². The van der Waals surface area contributed by atoms with E-state index in [4.69, 9.17) is 0 Å². The lowest BCUT2D eigenvalue weighted by Crippen LogP contribution is -2.33. The van der Waals surface area contributed by atoms with Crippen molar-refractivity contribution in [1.82, 2.24) is 4.31 Å². The highest BCUT2D eigenvalue weighted by Crippen LogP contribution is 2.26. The molecule has 1 aliphatic rings. The Morgan fingerprint density at radius 2 is 1.94 bits per heavy atom. The Morgan fingerprint density at radius 1 is 1.29 bits per heavy atom. The van der Waals surface area contributed by atoms with Gasteiger partial charge in [0.25, 0.3) is 0 Å². The fraction of sp³-hybridized carbons (Fsp3) is 0.500. The standard InChI is InChI=1S/C12H18N2O2S/c1-10-4-3-9-14(10)17(15,16)12-7-5-11(13-2)6-8-12/h5-8,10,13H,3-4,9H2,1-2H3. The molecule has 0 saturated carbocycles. The fourth-order valence-corrected chi connectivity index (χ4v) is 3.89. The largest absolute Gasteiger partial charge is 0.388 e. The summed E-state index contributed by atoms with van der Waals surface area (Å²) in [5.74, 6) is 0. The molecule has 1 aromatic rings. The third-order valence-corrected chi connectivity index (χ3v) is 5.27. The average molecular weight is 254 g/mol. The molecule has 5 heteroatoms. The molecule has 0 aliphatic carbocycles. The number of anilines is 1. The minimum absolute atomic E-state index is 0.115. The molecule has 0 bridgehead atoms. The molecular weight excluding hydrogens is 236 g/mol. The van der Waals surface area contributed by atoms with Gasteiger partial charge in [0, 0.05) is 25.3 Å². The minimum atomic E-state index is -3.31. The zero-order valence-electron chi connectivity index (χ0n) is 10.2. The van der Waals surface area contributed by atoms with Crippen LogP contribution in [0.1, 0.15) is 19.8 Å². The van der Waals surface area contributed by atoms with Crippen molar-refractivity contribution in [2.45, 2.75) is 30.7 Å². The third kappa shape index (κ3) is 2.30. The molecule has 94 valence electrons. The number of hydrogen-bond donors (Lipinski definition) is 1. The van der Waals surface area contributed by atoms with Gasteiger partial charge in [0.1, 0.15) is 0 Å². The summed E-state index contributed by atoms with van der Waals surface area (Å²) in [7, 11) is -1.50. The molecule has 0 radical (unpaired) electrons. The Bertz CT molecular complexity index is 482. The molecule has 1 fully saturated rings. The predicted octanol–water partition coefficient (Wildman–Crippen LogP) is 1.90. The van der Waals surface area contributed by atoms with Gasteiger partial charge in [0.2, 0.25) is 10.0 Å². The lowest BCUT2D eigenvalue weighted by molar-refractivity contribution is 0.408. The normalized spacial score (nSPS) is 21.6. The van der Waals surface area contributed by atoms with E-state index in [1.807, 2.05) is 14.0 Å². The fourth-order valence-electron chi connectivity index (χ4n) is 2.19. The van der Waals surface area contributed by atoms with Gasteiger partial charge in [-0.3, -0.25) is 0 Å². The lowest BCUT2D eigenvalue weighted by atomic mass is 10.3. The van der Waals surface area contributed by atoms with Crippen LogP contribution in [-0.4, -0.2) is 32.4 Å². The Kier molecular flexibility index (Phi) is 3.40. The number of rotatable bonds is 3. The van der Waals surface area contributed by atoms with Crippen LogP contribution in [-0.2, 0) is 10.0 Å². The highest BCUT2D eigenvalue weighted by Gasteiger charge is 2.32. The van der Waals surface area contributed by atoms with E-state index in [-0.39, 0.29) is 6.04 Å². The molecule has 1 N–H and O–H groups in total. The summed E-state index contributed by atoms with van der Waals surface area (Å²) in [6.45, 7) is 2.60. The molecule has 0 amide bonds. The molecule has 0 spiro atoms. The summed E-state index contributed by atoms with van der Waals surface area (Å²) >= 11 is 0. The number of hydrogen-bond acceptors (Lipinski definition) is 3. The van der Waals surface area contributed by atoms with Crippen LogP contribution in [0.5, 0.6) is 0 Å². The average Bonchev–Trinajstić information content (AvgIpc) is 2.76. The second kappa shape index (κ2) is 4.66. The molecule has 1 heterocycles. The van der Waals surface area contributed by atoms with Crippen molar-refractivity contribution < 1.29 is 8.42 Å². The van der Waals surface area contributed by atoms with Gasteiger partial charge in [-0.05, 0) is 44.0 Å². The maximum atomic E-state index is 12.4. The lowest BCUT2D eigenvalue weighted by Gasteiger charge is -2.20. The van der Waals surface area contributed by atoms with Crippen molar-refractivity contribution in [3.63, 3.8) is 0 Å². The first-order valence-electron chi connectivity index (χ1n) is 5.85. The van der Waals surface area contributed by atoms with Crippen molar-refractivity contribution in [1.29, 1.82) is 0 Å². The molecule has 1 aromatic carbocycles. The molecule has 1 saturated heterocycles. The van der Waals surface area contributed by atoms with Crippen molar-refractivity contribution in [2.75, 3.05) is 18.9 Å². The maximum Gasteiger partial charge on any atom is 0.243 e. The van der Waals surface area contributed by atoms with Crippen LogP contribution in [0.15, 0.2) is 29.2 Å². The molecule has 1 atom stereocenters. The van der Waals surface area contributed by atoms with Crippen molar-refractivity contribution in [3.8, 4) is 0 Å². The van der Waals surface area contributed by atoms with Crippen molar-refractivity contribution in [3.05, 3.63) is 24.3 Å². The van der Waals surface area contributed by atoms with Crippen LogP contribution in [0.4, 0.5) is 5.69 Å². The Labute approximate surface area is 103 Å². The summed E-state index contributed by atoms with van der Waals surface area (Å²) in [5, 5.41) is 2.98. The SMILES string of the molecule is CNc1ccc(S(=O)(=O)N2CCCC2C)cc1. The second-order valence-electron chi connectivity index (χ2n) is 4.38.